The average molecular weight is 464 g/mol. The summed E-state index contributed by atoms with van der Waals surface area (Å²) in [5.41, 5.74) is 5.75. The number of carbonyl (C=O) groups excluding carboxylic acids is 1. The molecule has 2 aliphatic rings. The second kappa shape index (κ2) is 8.95. The number of anilines is 1. The summed E-state index contributed by atoms with van der Waals surface area (Å²) >= 11 is 0. The number of piperazine rings is 1. The van der Waals surface area contributed by atoms with Crippen LogP contribution in [-0.4, -0.2) is 55.6 Å². The summed E-state index contributed by atoms with van der Waals surface area (Å²) in [7, 11) is 0. The molecule has 5 heterocycles. The second-order valence-corrected chi connectivity index (χ2v) is 9.17. The molecule has 174 valence electrons. The normalized spacial score (nSPS) is 19.0. The maximum absolute atomic E-state index is 12.9. The van der Waals surface area contributed by atoms with Gasteiger partial charge in [-0.25, -0.2) is 9.50 Å². The van der Waals surface area contributed by atoms with Crippen molar-refractivity contribution in [2.45, 2.75) is 32.0 Å². The Kier molecular flexibility index (Phi) is 5.49. The number of imidazole rings is 1. The molecule has 2 aliphatic heterocycles. The molecular formula is C27H25N7O. The second-order valence-electron chi connectivity index (χ2n) is 9.17. The predicted octanol–water partition coefficient (Wildman–Crippen LogP) is 2.63. The number of hydrogen-bond donors (Lipinski definition) is 2. The van der Waals surface area contributed by atoms with Gasteiger partial charge in [0.15, 0.2) is 5.65 Å². The third kappa shape index (κ3) is 4.39. The van der Waals surface area contributed by atoms with Crippen LogP contribution in [-0.2, 0) is 6.54 Å². The van der Waals surface area contributed by atoms with Crippen molar-refractivity contribution in [1.29, 1.82) is 0 Å². The van der Waals surface area contributed by atoms with Gasteiger partial charge in [0.05, 0.1) is 11.8 Å². The smallest absolute Gasteiger partial charge is 0.257 e. The molecule has 2 fully saturated rings. The molecule has 0 saturated carbocycles. The number of nitrogens with zero attached hydrogens (tertiary/aromatic N) is 5. The minimum absolute atomic E-state index is 0.215. The van der Waals surface area contributed by atoms with Gasteiger partial charge in [-0.15, -0.1) is 0 Å². The van der Waals surface area contributed by atoms with E-state index in [-0.39, 0.29) is 5.91 Å². The molecule has 2 atom stereocenters. The van der Waals surface area contributed by atoms with E-state index in [1.807, 2.05) is 24.3 Å². The highest BCUT2D eigenvalue weighted by Gasteiger charge is 2.37. The van der Waals surface area contributed by atoms with Crippen LogP contribution in [0.1, 0.15) is 39.2 Å². The number of aromatic nitrogens is 4. The predicted molar refractivity (Wildman–Crippen MR) is 133 cm³/mol. The lowest BCUT2D eigenvalue weighted by atomic mass is 10.1. The first-order valence-corrected chi connectivity index (χ1v) is 11.8. The molecule has 2 bridgehead atoms. The molecule has 0 aliphatic carbocycles. The third-order valence-corrected chi connectivity index (χ3v) is 6.76. The molecule has 2 unspecified atom stereocenters. The van der Waals surface area contributed by atoms with Crippen molar-refractivity contribution >= 4 is 17.2 Å². The fraction of sp³-hybridized carbons (Fsp3) is 0.259. The number of hydrogen-bond acceptors (Lipinski definition) is 6. The van der Waals surface area contributed by atoms with Crippen molar-refractivity contribution in [2.24, 2.45) is 0 Å². The highest BCUT2D eigenvalue weighted by Crippen LogP contribution is 2.26. The summed E-state index contributed by atoms with van der Waals surface area (Å²) in [5, 5.41) is 10.8. The molecule has 3 aromatic heterocycles. The maximum atomic E-state index is 12.9. The van der Waals surface area contributed by atoms with Gasteiger partial charge in [0.1, 0.15) is 5.69 Å². The van der Waals surface area contributed by atoms with Gasteiger partial charge in [0.2, 0.25) is 0 Å². The van der Waals surface area contributed by atoms with Crippen LogP contribution < -0.4 is 10.6 Å². The van der Waals surface area contributed by atoms with E-state index in [9.17, 15) is 4.79 Å². The van der Waals surface area contributed by atoms with E-state index in [4.69, 9.17) is 0 Å². The Labute approximate surface area is 203 Å². The fourth-order valence-electron chi connectivity index (χ4n) is 4.90. The first-order chi connectivity index (χ1) is 17.1. The maximum Gasteiger partial charge on any atom is 0.257 e. The molecule has 35 heavy (non-hydrogen) atoms. The lowest BCUT2D eigenvalue weighted by molar-refractivity contribution is 0.102. The summed E-state index contributed by atoms with van der Waals surface area (Å²) in [6, 6.07) is 12.9. The summed E-state index contributed by atoms with van der Waals surface area (Å²) in [6.07, 6.45) is 7.80. The minimum Gasteiger partial charge on any atom is -0.322 e. The summed E-state index contributed by atoms with van der Waals surface area (Å²) < 4.78 is 1.67. The standard InChI is InChI=1S/C27H25N7O/c1-18-9-22(6-5-20(18)16-33-17-23-11-25(33)15-29-23)32-27(35)21-10-19(12-28-13-21)4-7-24-14-30-26-3-2-8-31-34(24)26/h2-3,5-6,8-10,12-14,23,25,29H,11,15-17H2,1H3,(H,32,35). The van der Waals surface area contributed by atoms with E-state index in [0.717, 1.165) is 31.0 Å². The van der Waals surface area contributed by atoms with Crippen LogP contribution >= 0.6 is 0 Å². The molecule has 2 saturated heterocycles. The first-order valence-electron chi connectivity index (χ1n) is 11.8. The monoisotopic (exact) mass is 463 g/mol. The molecule has 4 aromatic rings. The molecule has 6 rings (SSSR count). The Hall–Kier alpha value is -4.06. The molecule has 8 heteroatoms. The van der Waals surface area contributed by atoms with Crippen molar-refractivity contribution in [1.82, 2.24) is 29.8 Å². The molecule has 2 N–H and O–H groups in total. The van der Waals surface area contributed by atoms with E-state index in [0.29, 0.717) is 28.9 Å². The van der Waals surface area contributed by atoms with E-state index in [1.165, 1.54) is 17.5 Å². The number of benzene rings is 1. The van der Waals surface area contributed by atoms with Crippen molar-refractivity contribution in [3.8, 4) is 11.8 Å². The van der Waals surface area contributed by atoms with E-state index < -0.39 is 0 Å². The van der Waals surface area contributed by atoms with Gasteiger partial charge in [-0.2, -0.15) is 5.10 Å². The average Bonchev–Trinajstić information content (AvgIpc) is 3.61. The zero-order valence-corrected chi connectivity index (χ0v) is 19.4. The number of rotatable bonds is 4. The highest BCUT2D eigenvalue weighted by molar-refractivity contribution is 6.04. The highest BCUT2D eigenvalue weighted by atomic mass is 16.1. The number of likely N-dealkylation sites (tertiary alicyclic amines) is 1. The third-order valence-electron chi connectivity index (χ3n) is 6.76. The van der Waals surface area contributed by atoms with Gasteiger partial charge < -0.3 is 10.6 Å². The number of pyridine rings is 1. The summed E-state index contributed by atoms with van der Waals surface area (Å²) in [4.78, 5) is 23.9. The molecule has 0 radical (unpaired) electrons. The number of carbonyl (C=O) groups is 1. The van der Waals surface area contributed by atoms with Crippen molar-refractivity contribution in [3.63, 3.8) is 0 Å². The van der Waals surface area contributed by atoms with Crippen LogP contribution in [0.2, 0.25) is 0 Å². The zero-order chi connectivity index (χ0) is 23.8. The molecule has 1 aromatic carbocycles. The van der Waals surface area contributed by atoms with Crippen molar-refractivity contribution in [3.05, 3.63) is 89.1 Å². The van der Waals surface area contributed by atoms with Crippen LogP contribution in [0.25, 0.3) is 5.65 Å². The van der Waals surface area contributed by atoms with Crippen LogP contribution in [0, 0.1) is 18.8 Å². The van der Waals surface area contributed by atoms with Crippen LogP contribution in [0.5, 0.6) is 0 Å². The number of nitrogens with one attached hydrogen (secondary N) is 2. The quantitative estimate of drug-likeness (QED) is 0.453. The Morgan fingerprint density at radius 1 is 1.20 bits per heavy atom. The Bertz CT molecular complexity index is 1480. The lowest BCUT2D eigenvalue weighted by Crippen LogP contribution is -2.43. The molecule has 0 spiro atoms. The molecular weight excluding hydrogens is 438 g/mol. The fourth-order valence-corrected chi connectivity index (χ4v) is 4.90. The van der Waals surface area contributed by atoms with Crippen LogP contribution in [0.4, 0.5) is 5.69 Å². The van der Waals surface area contributed by atoms with E-state index in [1.54, 1.807) is 35.4 Å². The Morgan fingerprint density at radius 2 is 2.14 bits per heavy atom. The Morgan fingerprint density at radius 3 is 2.97 bits per heavy atom. The van der Waals surface area contributed by atoms with Gasteiger partial charge in [-0.05, 0) is 60.7 Å². The van der Waals surface area contributed by atoms with Gasteiger partial charge in [0.25, 0.3) is 5.91 Å². The number of fused-ring (bicyclic) bond motifs is 3. The van der Waals surface area contributed by atoms with Gasteiger partial charge in [-0.1, -0.05) is 12.0 Å². The number of amides is 1. The first kappa shape index (κ1) is 21.5. The van der Waals surface area contributed by atoms with Gasteiger partial charge in [0, 0.05) is 61.6 Å². The minimum atomic E-state index is -0.215. The van der Waals surface area contributed by atoms with Crippen molar-refractivity contribution in [2.75, 3.05) is 18.4 Å². The summed E-state index contributed by atoms with van der Waals surface area (Å²) in [6.45, 7) is 5.26. The van der Waals surface area contributed by atoms with E-state index in [2.05, 4.69) is 55.4 Å². The van der Waals surface area contributed by atoms with Crippen LogP contribution in [0.15, 0.2) is 61.2 Å². The van der Waals surface area contributed by atoms with E-state index >= 15 is 0 Å². The Balaban J connectivity index is 1.14. The lowest BCUT2D eigenvalue weighted by Gasteiger charge is -2.27. The van der Waals surface area contributed by atoms with Crippen molar-refractivity contribution < 1.29 is 4.79 Å². The van der Waals surface area contributed by atoms with Crippen LogP contribution in [0.3, 0.4) is 0 Å². The van der Waals surface area contributed by atoms with Gasteiger partial charge in [-0.3, -0.25) is 14.7 Å². The van der Waals surface area contributed by atoms with Gasteiger partial charge >= 0.3 is 0 Å². The largest absolute Gasteiger partial charge is 0.322 e. The topological polar surface area (TPSA) is 87.5 Å². The SMILES string of the molecule is Cc1cc(NC(=O)c2cncc(C#Cc3cnc4cccnn34)c2)ccc1CN1CC2CC1CN2. The number of aryl methyl sites for hydroxylation is 1. The zero-order valence-electron chi connectivity index (χ0n) is 19.4. The molecule has 8 nitrogen and oxygen atoms in total. The summed E-state index contributed by atoms with van der Waals surface area (Å²) in [5.74, 6) is 5.90. The molecule has 1 amide bonds.